The van der Waals surface area contributed by atoms with Crippen molar-refractivity contribution in [1.29, 1.82) is 0 Å². The quantitative estimate of drug-likeness (QED) is 0.552. The van der Waals surface area contributed by atoms with Crippen LogP contribution in [0.1, 0.15) is 34.6 Å². The molecule has 0 bridgehead atoms. The highest BCUT2D eigenvalue weighted by Crippen LogP contribution is 2.07. The van der Waals surface area contributed by atoms with E-state index >= 15 is 0 Å². The molecule has 0 N–H and O–H groups in total. The fraction of sp³-hybridized carbons (Fsp3) is 0.700. The third-order valence-electron chi connectivity index (χ3n) is 1.57. The van der Waals surface area contributed by atoms with Crippen molar-refractivity contribution in [2.45, 2.75) is 34.6 Å². The van der Waals surface area contributed by atoms with Crippen LogP contribution in [0.25, 0.3) is 0 Å². The van der Waals surface area contributed by atoms with Crippen LogP contribution < -0.4 is 0 Å². The molecule has 0 amide bonds. The van der Waals surface area contributed by atoms with Crippen molar-refractivity contribution in [3.05, 3.63) is 11.8 Å². The standard InChI is InChI=1S/C10H19N/c1-8(2)6-11-7-10(5)9(3)4/h6-9H,1-5H3/b10-7+,11-6-. The minimum Gasteiger partial charge on any atom is -0.269 e. The molecule has 0 saturated heterocycles. The molecule has 0 aliphatic carbocycles. The summed E-state index contributed by atoms with van der Waals surface area (Å²) in [5.74, 6) is 1.16. The van der Waals surface area contributed by atoms with Crippen molar-refractivity contribution >= 4 is 6.21 Å². The van der Waals surface area contributed by atoms with Gasteiger partial charge < -0.3 is 0 Å². The van der Waals surface area contributed by atoms with E-state index in [4.69, 9.17) is 0 Å². The molecule has 0 aromatic heterocycles. The average molecular weight is 153 g/mol. The molecule has 0 radical (unpaired) electrons. The van der Waals surface area contributed by atoms with E-state index in [1.165, 1.54) is 5.57 Å². The summed E-state index contributed by atoms with van der Waals surface area (Å²) in [5.41, 5.74) is 1.34. The lowest BCUT2D eigenvalue weighted by atomic mass is 10.1. The van der Waals surface area contributed by atoms with Crippen LogP contribution >= 0.6 is 0 Å². The summed E-state index contributed by atoms with van der Waals surface area (Å²) in [5, 5.41) is 0. The van der Waals surface area contributed by atoms with Gasteiger partial charge >= 0.3 is 0 Å². The minimum absolute atomic E-state index is 0.547. The van der Waals surface area contributed by atoms with Gasteiger partial charge in [-0.05, 0) is 18.8 Å². The number of rotatable bonds is 3. The molecule has 0 atom stereocenters. The minimum atomic E-state index is 0.547. The fourth-order valence-electron chi connectivity index (χ4n) is 0.482. The van der Waals surface area contributed by atoms with Crippen LogP contribution in [-0.2, 0) is 0 Å². The van der Waals surface area contributed by atoms with E-state index in [1.54, 1.807) is 0 Å². The molecule has 11 heavy (non-hydrogen) atoms. The Hall–Kier alpha value is -0.590. The Bertz CT molecular complexity index is 152. The summed E-state index contributed by atoms with van der Waals surface area (Å²) in [4.78, 5) is 4.20. The lowest BCUT2D eigenvalue weighted by Crippen LogP contribution is -1.89. The summed E-state index contributed by atoms with van der Waals surface area (Å²) in [7, 11) is 0. The Balaban J connectivity index is 3.91. The lowest BCUT2D eigenvalue weighted by molar-refractivity contribution is 0.765. The predicted molar refractivity (Wildman–Crippen MR) is 51.9 cm³/mol. The number of nitrogens with zero attached hydrogens (tertiary/aromatic N) is 1. The van der Waals surface area contributed by atoms with E-state index in [2.05, 4.69) is 39.6 Å². The van der Waals surface area contributed by atoms with Crippen molar-refractivity contribution in [2.24, 2.45) is 16.8 Å². The second-order valence-electron chi connectivity index (χ2n) is 3.57. The first-order valence-corrected chi connectivity index (χ1v) is 4.24. The molecular formula is C10H19N. The maximum atomic E-state index is 4.20. The molecule has 1 nitrogen and oxygen atoms in total. The number of hydrogen-bond donors (Lipinski definition) is 0. The van der Waals surface area contributed by atoms with Crippen molar-refractivity contribution in [3.8, 4) is 0 Å². The SMILES string of the molecule is C/C(=C\N=C/C(C)C)C(C)C. The molecule has 0 aromatic rings. The highest BCUT2D eigenvalue weighted by atomic mass is 14.7. The third-order valence-corrected chi connectivity index (χ3v) is 1.57. The Morgan fingerprint density at radius 1 is 1.18 bits per heavy atom. The van der Waals surface area contributed by atoms with Gasteiger partial charge in [-0.3, -0.25) is 4.99 Å². The monoisotopic (exact) mass is 153 g/mol. The third kappa shape index (κ3) is 5.84. The first-order valence-electron chi connectivity index (χ1n) is 4.24. The summed E-state index contributed by atoms with van der Waals surface area (Å²) < 4.78 is 0. The van der Waals surface area contributed by atoms with E-state index < -0.39 is 0 Å². The smallest absolute Gasteiger partial charge is 0.0255 e. The van der Waals surface area contributed by atoms with E-state index in [1.807, 2.05) is 12.4 Å². The fourth-order valence-corrected chi connectivity index (χ4v) is 0.482. The van der Waals surface area contributed by atoms with Crippen LogP contribution in [0.4, 0.5) is 0 Å². The van der Waals surface area contributed by atoms with Crippen molar-refractivity contribution < 1.29 is 0 Å². The normalized spacial score (nSPS) is 13.9. The van der Waals surface area contributed by atoms with Crippen LogP contribution in [0.5, 0.6) is 0 Å². The van der Waals surface area contributed by atoms with Gasteiger partial charge in [0.15, 0.2) is 0 Å². The average Bonchev–Trinajstić information content (AvgIpc) is 1.86. The molecule has 0 unspecified atom stereocenters. The zero-order chi connectivity index (χ0) is 8.85. The predicted octanol–water partition coefficient (Wildman–Crippen LogP) is 3.27. The largest absolute Gasteiger partial charge is 0.269 e. The van der Waals surface area contributed by atoms with Crippen LogP contribution in [0.3, 0.4) is 0 Å². The maximum absolute atomic E-state index is 4.20. The summed E-state index contributed by atoms with van der Waals surface area (Å²) in [6.45, 7) is 10.7. The molecule has 0 fully saturated rings. The van der Waals surface area contributed by atoms with E-state index in [-0.39, 0.29) is 0 Å². The lowest BCUT2D eigenvalue weighted by Gasteiger charge is -2.01. The number of aliphatic imine (C=N–C) groups is 1. The molecule has 0 rings (SSSR count). The van der Waals surface area contributed by atoms with Gasteiger partial charge in [0.1, 0.15) is 0 Å². The summed E-state index contributed by atoms with van der Waals surface area (Å²) >= 11 is 0. The molecule has 0 aromatic carbocycles. The van der Waals surface area contributed by atoms with Crippen LogP contribution in [0.15, 0.2) is 16.8 Å². The second kappa shape index (κ2) is 5.11. The van der Waals surface area contributed by atoms with E-state index in [0.717, 1.165) is 0 Å². The zero-order valence-corrected chi connectivity index (χ0v) is 8.26. The molecule has 0 aliphatic rings. The van der Waals surface area contributed by atoms with E-state index in [0.29, 0.717) is 11.8 Å². The number of allylic oxidation sites excluding steroid dienone is 1. The molecule has 64 valence electrons. The summed E-state index contributed by atoms with van der Waals surface area (Å²) in [6, 6.07) is 0. The Morgan fingerprint density at radius 3 is 2.09 bits per heavy atom. The van der Waals surface area contributed by atoms with Gasteiger partial charge in [0, 0.05) is 12.4 Å². The molecule has 1 heteroatoms. The first kappa shape index (κ1) is 10.4. The molecule has 0 heterocycles. The van der Waals surface area contributed by atoms with Crippen molar-refractivity contribution in [3.63, 3.8) is 0 Å². The van der Waals surface area contributed by atoms with Gasteiger partial charge in [-0.15, -0.1) is 0 Å². The Kier molecular flexibility index (Phi) is 4.84. The van der Waals surface area contributed by atoms with Crippen LogP contribution in [-0.4, -0.2) is 6.21 Å². The van der Waals surface area contributed by atoms with Crippen molar-refractivity contribution in [2.75, 3.05) is 0 Å². The second-order valence-corrected chi connectivity index (χ2v) is 3.57. The van der Waals surface area contributed by atoms with Gasteiger partial charge in [-0.1, -0.05) is 33.3 Å². The van der Waals surface area contributed by atoms with Gasteiger partial charge in [0.25, 0.3) is 0 Å². The van der Waals surface area contributed by atoms with E-state index in [9.17, 15) is 0 Å². The van der Waals surface area contributed by atoms with Gasteiger partial charge in [-0.2, -0.15) is 0 Å². The van der Waals surface area contributed by atoms with Gasteiger partial charge in [0.05, 0.1) is 0 Å². The Morgan fingerprint density at radius 2 is 1.73 bits per heavy atom. The first-order chi connectivity index (χ1) is 5.04. The molecule has 0 aliphatic heterocycles. The molecule has 0 spiro atoms. The van der Waals surface area contributed by atoms with Gasteiger partial charge in [0.2, 0.25) is 0 Å². The zero-order valence-electron chi connectivity index (χ0n) is 8.26. The highest BCUT2D eigenvalue weighted by molar-refractivity contribution is 5.60. The number of hydrogen-bond acceptors (Lipinski definition) is 1. The highest BCUT2D eigenvalue weighted by Gasteiger charge is 1.93. The van der Waals surface area contributed by atoms with Gasteiger partial charge in [-0.25, -0.2) is 0 Å². The summed E-state index contributed by atoms with van der Waals surface area (Å²) in [6.07, 6.45) is 3.91. The molecule has 0 saturated carbocycles. The van der Waals surface area contributed by atoms with Crippen LogP contribution in [0, 0.1) is 11.8 Å². The van der Waals surface area contributed by atoms with Crippen molar-refractivity contribution in [1.82, 2.24) is 0 Å². The maximum Gasteiger partial charge on any atom is 0.0255 e. The molecular weight excluding hydrogens is 134 g/mol. The Labute approximate surface area is 70.2 Å². The van der Waals surface area contributed by atoms with Crippen LogP contribution in [0.2, 0.25) is 0 Å². The topological polar surface area (TPSA) is 12.4 Å².